The molecule has 0 bridgehead atoms. The van der Waals surface area contributed by atoms with Gasteiger partial charge in [-0.05, 0) is 42.2 Å². The van der Waals surface area contributed by atoms with Crippen LogP contribution in [0.4, 0.5) is 0 Å². The minimum absolute atomic E-state index is 0.0584. The van der Waals surface area contributed by atoms with Gasteiger partial charge in [0.15, 0.2) is 5.16 Å². The van der Waals surface area contributed by atoms with Gasteiger partial charge in [0.05, 0.1) is 5.69 Å². The summed E-state index contributed by atoms with van der Waals surface area (Å²) in [6.07, 6.45) is 5.51. The number of pyridine rings is 1. The van der Waals surface area contributed by atoms with E-state index in [9.17, 15) is 4.79 Å². The predicted octanol–water partition coefficient (Wildman–Crippen LogP) is 4.60. The fourth-order valence-electron chi connectivity index (χ4n) is 3.13. The molecule has 3 heterocycles. The zero-order valence-corrected chi connectivity index (χ0v) is 17.0. The van der Waals surface area contributed by atoms with E-state index in [2.05, 4.69) is 52.6 Å². The van der Waals surface area contributed by atoms with Crippen molar-refractivity contribution < 1.29 is 0 Å². The van der Waals surface area contributed by atoms with Crippen LogP contribution in [0.25, 0.3) is 11.3 Å². The van der Waals surface area contributed by atoms with Gasteiger partial charge in [-0.3, -0.25) is 13.8 Å². The number of hydrogen-bond acceptors (Lipinski definition) is 4. The van der Waals surface area contributed by atoms with E-state index >= 15 is 0 Å². The summed E-state index contributed by atoms with van der Waals surface area (Å²) in [6.45, 7) is 6.34. The van der Waals surface area contributed by atoms with E-state index < -0.39 is 0 Å². The molecule has 0 N–H and O–H groups in total. The Hall–Kier alpha value is -2.86. The van der Waals surface area contributed by atoms with E-state index in [0.717, 1.165) is 22.1 Å². The fraction of sp³-hybridized carbons (Fsp3) is 0.227. The molecule has 4 aromatic rings. The number of benzene rings is 1. The van der Waals surface area contributed by atoms with Crippen LogP contribution in [0.2, 0.25) is 0 Å². The standard InChI is InChI=1S/C22H22N4OS/c1-15(2)17-6-8-19(9-7-17)25-12-10-23-22(25)28-14-18-13-20(27)26-11-4-5-16(3)21(26)24-18/h4-13,15H,14H2,1-3H3. The van der Waals surface area contributed by atoms with Crippen LogP contribution in [0.15, 0.2) is 71.0 Å². The van der Waals surface area contributed by atoms with Crippen LogP contribution in [0, 0.1) is 6.92 Å². The Morgan fingerprint density at radius 1 is 1.11 bits per heavy atom. The topological polar surface area (TPSA) is 52.2 Å². The van der Waals surface area contributed by atoms with Crippen molar-refractivity contribution in [3.8, 4) is 5.69 Å². The monoisotopic (exact) mass is 390 g/mol. The molecule has 0 aliphatic carbocycles. The molecule has 5 nitrogen and oxygen atoms in total. The van der Waals surface area contributed by atoms with Crippen molar-refractivity contribution in [3.63, 3.8) is 0 Å². The lowest BCUT2D eigenvalue weighted by Crippen LogP contribution is -2.15. The third-order valence-electron chi connectivity index (χ3n) is 4.73. The van der Waals surface area contributed by atoms with E-state index in [-0.39, 0.29) is 5.56 Å². The van der Waals surface area contributed by atoms with Gasteiger partial charge in [-0.1, -0.05) is 43.8 Å². The smallest absolute Gasteiger partial charge is 0.258 e. The summed E-state index contributed by atoms with van der Waals surface area (Å²) in [5.74, 6) is 1.09. The number of rotatable bonds is 5. The van der Waals surface area contributed by atoms with E-state index in [4.69, 9.17) is 0 Å². The normalized spacial score (nSPS) is 11.4. The Bertz CT molecular complexity index is 1180. The average molecular weight is 391 g/mol. The largest absolute Gasteiger partial charge is 0.295 e. The first-order valence-corrected chi connectivity index (χ1v) is 10.3. The lowest BCUT2D eigenvalue weighted by Gasteiger charge is -2.10. The molecule has 0 aliphatic rings. The van der Waals surface area contributed by atoms with E-state index in [1.54, 1.807) is 34.6 Å². The highest BCUT2D eigenvalue weighted by Crippen LogP contribution is 2.24. The van der Waals surface area contributed by atoms with Crippen molar-refractivity contribution in [2.75, 3.05) is 0 Å². The predicted molar refractivity (Wildman–Crippen MR) is 113 cm³/mol. The van der Waals surface area contributed by atoms with Crippen molar-refractivity contribution in [1.29, 1.82) is 0 Å². The summed E-state index contributed by atoms with van der Waals surface area (Å²) < 4.78 is 3.65. The number of fused-ring (bicyclic) bond motifs is 1. The van der Waals surface area contributed by atoms with Crippen molar-refractivity contribution >= 4 is 17.4 Å². The molecular formula is C22H22N4OS. The van der Waals surface area contributed by atoms with Gasteiger partial charge in [-0.25, -0.2) is 9.97 Å². The fourth-order valence-corrected chi connectivity index (χ4v) is 4.00. The van der Waals surface area contributed by atoms with Gasteiger partial charge >= 0.3 is 0 Å². The molecule has 3 aromatic heterocycles. The first kappa shape index (κ1) is 18.5. The molecule has 28 heavy (non-hydrogen) atoms. The van der Waals surface area contributed by atoms with Crippen molar-refractivity contribution in [2.24, 2.45) is 0 Å². The second kappa shape index (κ2) is 7.64. The summed E-state index contributed by atoms with van der Waals surface area (Å²) in [5.41, 5.74) is 4.78. The number of aromatic nitrogens is 4. The van der Waals surface area contributed by atoms with Crippen LogP contribution < -0.4 is 5.56 Å². The van der Waals surface area contributed by atoms with Gasteiger partial charge < -0.3 is 0 Å². The Morgan fingerprint density at radius 2 is 1.89 bits per heavy atom. The first-order chi connectivity index (χ1) is 13.5. The molecule has 0 unspecified atom stereocenters. The Balaban J connectivity index is 1.58. The van der Waals surface area contributed by atoms with Crippen molar-refractivity contribution in [3.05, 3.63) is 88.2 Å². The van der Waals surface area contributed by atoms with Crippen LogP contribution >= 0.6 is 11.8 Å². The first-order valence-electron chi connectivity index (χ1n) is 9.27. The highest BCUT2D eigenvalue weighted by Gasteiger charge is 2.10. The summed E-state index contributed by atoms with van der Waals surface area (Å²) >= 11 is 1.58. The molecule has 0 saturated heterocycles. The second-order valence-corrected chi connectivity index (χ2v) is 8.03. The molecule has 0 radical (unpaired) electrons. The van der Waals surface area contributed by atoms with Crippen LogP contribution in [-0.2, 0) is 5.75 Å². The molecule has 4 rings (SSSR count). The zero-order chi connectivity index (χ0) is 19.7. The van der Waals surface area contributed by atoms with Gasteiger partial charge in [0, 0.05) is 36.1 Å². The van der Waals surface area contributed by atoms with Gasteiger partial charge in [0.2, 0.25) is 0 Å². The van der Waals surface area contributed by atoms with Crippen LogP contribution in [0.3, 0.4) is 0 Å². The number of hydrogen-bond donors (Lipinski definition) is 0. The summed E-state index contributed by atoms with van der Waals surface area (Å²) in [6, 6.07) is 14.0. The zero-order valence-electron chi connectivity index (χ0n) is 16.2. The lowest BCUT2D eigenvalue weighted by molar-refractivity contribution is 0.858. The van der Waals surface area contributed by atoms with Gasteiger partial charge in [-0.2, -0.15) is 0 Å². The third-order valence-corrected chi connectivity index (χ3v) is 5.73. The maximum absolute atomic E-state index is 12.4. The molecule has 0 amide bonds. The maximum Gasteiger partial charge on any atom is 0.258 e. The van der Waals surface area contributed by atoms with Crippen molar-refractivity contribution in [2.45, 2.75) is 37.6 Å². The third kappa shape index (κ3) is 3.60. The molecule has 6 heteroatoms. The molecule has 142 valence electrons. The number of aryl methyl sites for hydroxylation is 1. The summed E-state index contributed by atoms with van der Waals surface area (Å²) in [4.78, 5) is 21.5. The van der Waals surface area contributed by atoms with Gasteiger partial charge in [0.1, 0.15) is 5.65 Å². The number of nitrogens with zero attached hydrogens (tertiary/aromatic N) is 4. The Kier molecular flexibility index (Phi) is 5.05. The van der Waals surface area contributed by atoms with Crippen LogP contribution in [0.5, 0.6) is 0 Å². The highest BCUT2D eigenvalue weighted by molar-refractivity contribution is 7.98. The van der Waals surface area contributed by atoms with E-state index in [1.165, 1.54) is 5.56 Å². The number of thioether (sulfide) groups is 1. The van der Waals surface area contributed by atoms with E-state index in [0.29, 0.717) is 17.3 Å². The minimum Gasteiger partial charge on any atom is -0.295 e. The lowest BCUT2D eigenvalue weighted by atomic mass is 10.0. The second-order valence-electron chi connectivity index (χ2n) is 7.09. The van der Waals surface area contributed by atoms with E-state index in [1.807, 2.05) is 25.3 Å². The van der Waals surface area contributed by atoms with Crippen molar-refractivity contribution in [1.82, 2.24) is 18.9 Å². The summed E-state index contributed by atoms with van der Waals surface area (Å²) in [7, 11) is 0. The molecule has 0 saturated carbocycles. The maximum atomic E-state index is 12.4. The average Bonchev–Trinajstić information content (AvgIpc) is 3.16. The Labute approximate surface area is 168 Å². The summed E-state index contributed by atoms with van der Waals surface area (Å²) in [5, 5.41) is 0.879. The number of imidazole rings is 1. The van der Waals surface area contributed by atoms with Crippen LogP contribution in [0.1, 0.15) is 36.6 Å². The minimum atomic E-state index is -0.0584. The Morgan fingerprint density at radius 3 is 2.64 bits per heavy atom. The molecule has 0 atom stereocenters. The van der Waals surface area contributed by atoms with Crippen LogP contribution in [-0.4, -0.2) is 18.9 Å². The molecule has 0 aliphatic heterocycles. The molecular weight excluding hydrogens is 368 g/mol. The SMILES string of the molecule is Cc1cccn2c(=O)cc(CSc3nccn3-c3ccc(C(C)C)cc3)nc12. The van der Waals surface area contributed by atoms with Gasteiger partial charge in [-0.15, -0.1) is 0 Å². The molecule has 1 aromatic carbocycles. The highest BCUT2D eigenvalue weighted by atomic mass is 32.2. The quantitative estimate of drug-likeness (QED) is 0.467. The van der Waals surface area contributed by atoms with Gasteiger partial charge in [0.25, 0.3) is 5.56 Å². The molecule has 0 spiro atoms. The molecule has 0 fully saturated rings.